The van der Waals surface area contributed by atoms with E-state index in [1.807, 2.05) is 18.2 Å². The molecule has 3 rings (SSSR count). The van der Waals surface area contributed by atoms with Crippen LogP contribution in [0, 0.1) is 5.92 Å². The predicted octanol–water partition coefficient (Wildman–Crippen LogP) is 2.21. The van der Waals surface area contributed by atoms with Crippen LogP contribution in [0.1, 0.15) is 26.7 Å². The van der Waals surface area contributed by atoms with Gasteiger partial charge in [0.05, 0.1) is 5.69 Å². The first-order valence-electron chi connectivity index (χ1n) is 10.5. The van der Waals surface area contributed by atoms with Gasteiger partial charge in [-0.15, -0.1) is 0 Å². The maximum Gasteiger partial charge on any atom is 0.194 e. The molecule has 2 aliphatic heterocycles. The summed E-state index contributed by atoms with van der Waals surface area (Å²) in [6.45, 7) is 13.4. The van der Waals surface area contributed by atoms with Crippen molar-refractivity contribution in [1.82, 2.24) is 15.1 Å². The Morgan fingerprint density at radius 3 is 2.63 bits per heavy atom. The van der Waals surface area contributed by atoms with Gasteiger partial charge in [0.25, 0.3) is 0 Å². The smallest absolute Gasteiger partial charge is 0.194 e. The van der Waals surface area contributed by atoms with Crippen LogP contribution in [0.2, 0.25) is 0 Å². The van der Waals surface area contributed by atoms with Crippen molar-refractivity contribution in [2.45, 2.75) is 26.7 Å². The molecule has 0 bridgehead atoms. The molecule has 0 spiro atoms. The maximum atomic E-state index is 10.1. The highest BCUT2D eigenvalue weighted by molar-refractivity contribution is 5.80. The first-order valence-corrected chi connectivity index (χ1v) is 10.5. The molecule has 2 fully saturated rings. The van der Waals surface area contributed by atoms with Gasteiger partial charge in [0, 0.05) is 45.8 Å². The lowest BCUT2D eigenvalue weighted by atomic mass is 9.98. The number of benzene rings is 1. The summed E-state index contributed by atoms with van der Waals surface area (Å²) in [5.41, 5.74) is 0.931. The van der Waals surface area contributed by atoms with Crippen LogP contribution < -0.4 is 10.2 Å². The molecule has 1 unspecified atom stereocenters. The van der Waals surface area contributed by atoms with Crippen LogP contribution >= 0.6 is 0 Å². The normalized spacial score (nSPS) is 22.1. The maximum absolute atomic E-state index is 10.1. The van der Waals surface area contributed by atoms with E-state index in [1.165, 1.54) is 25.9 Å². The van der Waals surface area contributed by atoms with Crippen LogP contribution in [0.15, 0.2) is 29.3 Å². The van der Waals surface area contributed by atoms with E-state index >= 15 is 0 Å². The molecular formula is C21H35N5O. The number of likely N-dealkylation sites (tertiary alicyclic amines) is 1. The fourth-order valence-corrected chi connectivity index (χ4v) is 4.12. The lowest BCUT2D eigenvalue weighted by Crippen LogP contribution is -2.52. The second kappa shape index (κ2) is 9.83. The molecule has 2 N–H and O–H groups in total. The number of phenols is 1. The number of phenolic OH excluding ortho intramolecular Hbond substituents is 1. The number of nitrogens with one attached hydrogen (secondary N) is 1. The number of nitrogens with zero attached hydrogens (tertiary/aromatic N) is 4. The SMILES string of the molecule is CCNC(=NCC1CCCN(CC)C1)N1CCN(c2ccccc2O)CC1. The Balaban J connectivity index is 1.57. The van der Waals surface area contributed by atoms with Crippen molar-refractivity contribution in [2.75, 3.05) is 63.8 Å². The van der Waals surface area contributed by atoms with Gasteiger partial charge in [-0.1, -0.05) is 19.1 Å². The van der Waals surface area contributed by atoms with E-state index in [-0.39, 0.29) is 0 Å². The topological polar surface area (TPSA) is 54.3 Å². The standard InChI is InChI=1S/C21H35N5O/c1-3-22-21(23-16-18-8-7-11-24(4-2)17-18)26-14-12-25(13-15-26)19-9-5-6-10-20(19)27/h5-6,9-10,18,27H,3-4,7-8,11-17H2,1-2H3,(H,22,23). The third-order valence-electron chi connectivity index (χ3n) is 5.69. The molecule has 1 aromatic rings. The second-order valence-corrected chi connectivity index (χ2v) is 7.56. The van der Waals surface area contributed by atoms with Crippen LogP contribution in [0.4, 0.5) is 5.69 Å². The molecule has 0 aromatic heterocycles. The first-order chi connectivity index (χ1) is 13.2. The van der Waals surface area contributed by atoms with Crippen molar-refractivity contribution in [3.05, 3.63) is 24.3 Å². The summed E-state index contributed by atoms with van der Waals surface area (Å²) in [6, 6.07) is 7.61. The summed E-state index contributed by atoms with van der Waals surface area (Å²) in [5, 5.41) is 13.6. The molecule has 0 radical (unpaired) electrons. The first kappa shape index (κ1) is 19.8. The average molecular weight is 374 g/mol. The van der Waals surface area contributed by atoms with Crippen LogP contribution in [-0.4, -0.2) is 79.8 Å². The number of piperidine rings is 1. The van der Waals surface area contributed by atoms with Gasteiger partial charge in [-0.3, -0.25) is 4.99 Å². The fourth-order valence-electron chi connectivity index (χ4n) is 4.12. The highest BCUT2D eigenvalue weighted by atomic mass is 16.3. The Morgan fingerprint density at radius 2 is 1.93 bits per heavy atom. The molecular weight excluding hydrogens is 338 g/mol. The Kier molecular flexibility index (Phi) is 7.21. The van der Waals surface area contributed by atoms with Gasteiger partial charge in [-0.2, -0.15) is 0 Å². The molecule has 1 aromatic carbocycles. The van der Waals surface area contributed by atoms with E-state index in [0.717, 1.165) is 57.5 Å². The highest BCUT2D eigenvalue weighted by Crippen LogP contribution is 2.27. The molecule has 0 amide bonds. The van der Waals surface area contributed by atoms with Gasteiger partial charge in [0.2, 0.25) is 0 Å². The van der Waals surface area contributed by atoms with Gasteiger partial charge in [0.15, 0.2) is 5.96 Å². The van der Waals surface area contributed by atoms with Gasteiger partial charge >= 0.3 is 0 Å². The Bertz CT molecular complexity index is 612. The number of hydrogen-bond acceptors (Lipinski definition) is 4. The van der Waals surface area contributed by atoms with E-state index in [2.05, 4.69) is 33.9 Å². The summed E-state index contributed by atoms with van der Waals surface area (Å²) in [4.78, 5) is 12.1. The minimum Gasteiger partial charge on any atom is -0.506 e. The van der Waals surface area contributed by atoms with Gasteiger partial charge < -0.3 is 25.1 Å². The monoisotopic (exact) mass is 373 g/mol. The molecule has 1 atom stereocenters. The van der Waals surface area contributed by atoms with Crippen molar-refractivity contribution in [2.24, 2.45) is 10.9 Å². The molecule has 2 saturated heterocycles. The van der Waals surface area contributed by atoms with Gasteiger partial charge in [-0.25, -0.2) is 0 Å². The fraction of sp³-hybridized carbons (Fsp3) is 0.667. The van der Waals surface area contributed by atoms with E-state index in [1.54, 1.807) is 6.07 Å². The van der Waals surface area contributed by atoms with Crippen molar-refractivity contribution in [3.8, 4) is 5.75 Å². The third-order valence-corrected chi connectivity index (χ3v) is 5.69. The van der Waals surface area contributed by atoms with E-state index in [9.17, 15) is 5.11 Å². The van der Waals surface area contributed by atoms with E-state index < -0.39 is 0 Å². The lowest BCUT2D eigenvalue weighted by molar-refractivity contribution is 0.186. The summed E-state index contributed by atoms with van der Waals surface area (Å²) in [5.74, 6) is 2.09. The summed E-state index contributed by atoms with van der Waals surface area (Å²) in [7, 11) is 0. The summed E-state index contributed by atoms with van der Waals surface area (Å²) >= 11 is 0. The van der Waals surface area contributed by atoms with E-state index in [4.69, 9.17) is 4.99 Å². The number of anilines is 1. The minimum atomic E-state index is 0.365. The third kappa shape index (κ3) is 5.28. The lowest BCUT2D eigenvalue weighted by Gasteiger charge is -2.38. The average Bonchev–Trinajstić information content (AvgIpc) is 2.72. The minimum absolute atomic E-state index is 0.365. The van der Waals surface area contributed by atoms with Crippen LogP contribution in [0.3, 0.4) is 0 Å². The zero-order valence-corrected chi connectivity index (χ0v) is 16.9. The number of aliphatic imine (C=N–C) groups is 1. The Hall–Kier alpha value is -1.95. The summed E-state index contributed by atoms with van der Waals surface area (Å²) < 4.78 is 0. The zero-order chi connectivity index (χ0) is 19.1. The van der Waals surface area contributed by atoms with Gasteiger partial charge in [0.1, 0.15) is 5.75 Å². The molecule has 2 aliphatic rings. The molecule has 0 aliphatic carbocycles. The summed E-state index contributed by atoms with van der Waals surface area (Å²) in [6.07, 6.45) is 2.59. The van der Waals surface area contributed by atoms with Crippen molar-refractivity contribution >= 4 is 11.6 Å². The van der Waals surface area contributed by atoms with Crippen LogP contribution in [0.25, 0.3) is 0 Å². The number of aromatic hydroxyl groups is 1. The number of piperazine rings is 1. The van der Waals surface area contributed by atoms with Crippen molar-refractivity contribution < 1.29 is 5.11 Å². The molecule has 27 heavy (non-hydrogen) atoms. The van der Waals surface area contributed by atoms with E-state index in [0.29, 0.717) is 11.7 Å². The second-order valence-electron chi connectivity index (χ2n) is 7.56. The van der Waals surface area contributed by atoms with Crippen molar-refractivity contribution in [1.29, 1.82) is 0 Å². The Morgan fingerprint density at radius 1 is 1.15 bits per heavy atom. The molecule has 150 valence electrons. The quantitative estimate of drug-likeness (QED) is 0.612. The predicted molar refractivity (Wildman–Crippen MR) is 113 cm³/mol. The molecule has 6 nitrogen and oxygen atoms in total. The van der Waals surface area contributed by atoms with Crippen molar-refractivity contribution in [3.63, 3.8) is 0 Å². The number of rotatable bonds is 5. The largest absolute Gasteiger partial charge is 0.506 e. The zero-order valence-electron chi connectivity index (χ0n) is 16.9. The molecule has 0 saturated carbocycles. The van der Waals surface area contributed by atoms with Crippen LogP contribution in [-0.2, 0) is 0 Å². The number of guanidine groups is 1. The number of para-hydroxylation sites is 2. The number of hydrogen-bond donors (Lipinski definition) is 2. The molecule has 6 heteroatoms. The van der Waals surface area contributed by atoms with Crippen LogP contribution in [0.5, 0.6) is 5.75 Å². The molecule has 2 heterocycles. The van der Waals surface area contributed by atoms with Gasteiger partial charge in [-0.05, 0) is 50.9 Å². The highest BCUT2D eigenvalue weighted by Gasteiger charge is 2.22. The Labute approximate surface area is 163 Å².